The zero-order chi connectivity index (χ0) is 30.9. The van der Waals surface area contributed by atoms with Crippen LogP contribution in [0, 0.1) is 0 Å². The van der Waals surface area contributed by atoms with Gasteiger partial charge in [-0.3, -0.25) is 0 Å². The second-order valence-electron chi connectivity index (χ2n) is 18.0. The molecule has 0 amide bonds. The molecule has 2 rings (SSSR count). The molecule has 220 valence electrons. The Labute approximate surface area is 259 Å². The zero-order valence-corrected chi connectivity index (χ0v) is 45.4. The van der Waals surface area contributed by atoms with E-state index in [-0.39, 0.29) is 36.8 Å². The van der Waals surface area contributed by atoms with Gasteiger partial charge in [-0.1, -0.05) is 144 Å². The number of hydrogen-bond donors (Lipinski definition) is 0. The standard InChI is InChI=1S/2C11H33Si6.2CH3.Sn/c2*1-12-13(2,3)15(6,7)17(10,11)16(8,9)14(12,4)5;;;/h2*1-11H3;2*1H3;. The van der Waals surface area contributed by atoms with Crippen molar-refractivity contribution in [2.45, 2.75) is 154 Å². The summed E-state index contributed by atoms with van der Waals surface area (Å²) in [7, 11) is -9.03. The molecule has 0 aromatic rings. The van der Waals surface area contributed by atoms with E-state index in [9.17, 15) is 0 Å². The molecule has 0 spiro atoms. The SMILES string of the molecule is C[Si]1[Si](C)(C)[Si](C)(C)[Si](C)(C)[Si](C)(C)[Si]1(C)C.C[Si]1[Si](C)(C)[Si](C)(C)[Si](C)(C)[Si](C)(C)[Si]1(C)C.[CH3][Sn][CH3]. The average molecular weight is 817 g/mol. The van der Waals surface area contributed by atoms with Crippen LogP contribution in [0.3, 0.4) is 0 Å². The zero-order valence-electron chi connectivity index (χ0n) is 30.5. The molecule has 2 saturated heterocycles. The van der Waals surface area contributed by atoms with Crippen molar-refractivity contribution in [3.63, 3.8) is 0 Å². The number of hydrogen-bond acceptors (Lipinski definition) is 0. The van der Waals surface area contributed by atoms with Crippen LogP contribution >= 0.6 is 0 Å². The van der Waals surface area contributed by atoms with Gasteiger partial charge in [0.05, 0.1) is 0 Å². The third-order valence-corrected chi connectivity index (χ3v) is 299. The minimum absolute atomic E-state index is 0.00725. The van der Waals surface area contributed by atoms with Crippen molar-refractivity contribution in [2.24, 2.45) is 0 Å². The maximum atomic E-state index is 2.82. The van der Waals surface area contributed by atoms with Crippen molar-refractivity contribution < 1.29 is 0 Å². The first-order chi connectivity index (χ1) is 15.7. The summed E-state index contributed by atoms with van der Waals surface area (Å²) in [5, 5.41) is 0. The van der Waals surface area contributed by atoms with Crippen LogP contribution in [0.2, 0.25) is 154 Å². The fourth-order valence-corrected chi connectivity index (χ4v) is 449. The Morgan fingerprint density at radius 1 is 0.297 bits per heavy atom. The van der Waals surface area contributed by atoms with E-state index in [1.807, 2.05) is 0 Å². The molecule has 37 heavy (non-hydrogen) atoms. The van der Waals surface area contributed by atoms with Gasteiger partial charge >= 0.3 is 31.0 Å². The van der Waals surface area contributed by atoms with Crippen molar-refractivity contribution >= 4 is 108 Å². The van der Waals surface area contributed by atoms with Gasteiger partial charge in [0, 0.05) is 86.8 Å². The molecule has 0 unspecified atom stereocenters. The Bertz CT molecular complexity index is 687. The molecule has 13 heteroatoms. The van der Waals surface area contributed by atoms with E-state index < -0.39 is 71.1 Å². The summed E-state index contributed by atoms with van der Waals surface area (Å²) < 4.78 is 0. The molecule has 0 aromatic heterocycles. The summed E-state index contributed by atoms with van der Waals surface area (Å²) in [6, 6.07) is 0. The second kappa shape index (κ2) is 11.7. The van der Waals surface area contributed by atoms with E-state index in [4.69, 9.17) is 0 Å². The minimum atomic E-state index is -0.932. The van der Waals surface area contributed by atoms with Gasteiger partial charge in [-0.15, -0.1) is 0 Å². The molecule has 0 N–H and O–H groups in total. The van der Waals surface area contributed by atoms with Crippen LogP contribution in [0.1, 0.15) is 0 Å². The Kier molecular flexibility index (Phi) is 12.8. The van der Waals surface area contributed by atoms with E-state index in [1.54, 1.807) is 0 Å². The molecule has 2 aliphatic rings. The van der Waals surface area contributed by atoms with E-state index in [0.717, 1.165) is 0 Å². The third-order valence-electron chi connectivity index (χ3n) is 16.2. The summed E-state index contributed by atoms with van der Waals surface area (Å²) in [6.45, 7) is 61.8. The predicted molar refractivity (Wildman–Crippen MR) is 216 cm³/mol. The fourth-order valence-electron chi connectivity index (χ4n) is 8.12. The first-order valence-corrected chi connectivity index (χ1v) is 66.7. The van der Waals surface area contributed by atoms with Gasteiger partial charge < -0.3 is 0 Å². The molecule has 2 heterocycles. The van der Waals surface area contributed by atoms with Crippen LogP contribution in [0.25, 0.3) is 0 Å². The Hall–Kier alpha value is 3.40. The third kappa shape index (κ3) is 5.58. The van der Waals surface area contributed by atoms with E-state index in [2.05, 4.69) is 154 Å². The molecule has 2 fully saturated rings. The van der Waals surface area contributed by atoms with Gasteiger partial charge in [0.2, 0.25) is 0 Å². The second-order valence-corrected chi connectivity index (χ2v) is 158. The summed E-state index contributed by atoms with van der Waals surface area (Å²) in [6.07, 6.45) is 0. The summed E-state index contributed by atoms with van der Waals surface area (Å²) in [4.78, 5) is 4.59. The number of rotatable bonds is 0. The van der Waals surface area contributed by atoms with E-state index in [0.29, 0.717) is 0 Å². The molecule has 4 radical (unpaired) electrons. The van der Waals surface area contributed by atoms with Gasteiger partial charge in [-0.05, 0) is 0 Å². The summed E-state index contributed by atoms with van der Waals surface area (Å²) in [5.41, 5.74) is 0. The molecule has 0 nitrogen and oxygen atoms in total. The van der Waals surface area contributed by atoms with Crippen LogP contribution in [-0.4, -0.2) is 108 Å². The molecule has 0 aliphatic carbocycles. The van der Waals surface area contributed by atoms with Crippen LogP contribution in [-0.2, 0) is 0 Å². The Morgan fingerprint density at radius 2 is 0.405 bits per heavy atom. The summed E-state index contributed by atoms with van der Waals surface area (Å²) >= 11 is 0.230. The molecular formula is C24H72Si12Sn. The van der Waals surface area contributed by atoms with Gasteiger partial charge in [0.1, 0.15) is 0 Å². The average Bonchev–Trinajstić information content (AvgIpc) is 2.70. The van der Waals surface area contributed by atoms with Crippen molar-refractivity contribution in [3.8, 4) is 0 Å². The van der Waals surface area contributed by atoms with Crippen molar-refractivity contribution in [2.75, 3.05) is 0 Å². The van der Waals surface area contributed by atoms with Crippen molar-refractivity contribution in [3.05, 3.63) is 0 Å². The van der Waals surface area contributed by atoms with E-state index >= 15 is 0 Å². The predicted octanol–water partition coefficient (Wildman–Crippen LogP) is 9.06. The first-order valence-electron chi connectivity index (χ1n) is 15.0. The molecule has 0 bridgehead atoms. The molecule has 0 aromatic carbocycles. The molecule has 2 aliphatic heterocycles. The molecule has 0 atom stereocenters. The van der Waals surface area contributed by atoms with Crippen LogP contribution < -0.4 is 0 Å². The maximum absolute atomic E-state index is 2.82. The van der Waals surface area contributed by atoms with E-state index in [1.165, 1.54) is 0 Å². The van der Waals surface area contributed by atoms with Crippen LogP contribution in [0.15, 0.2) is 0 Å². The molecular weight excluding hydrogens is 744 g/mol. The van der Waals surface area contributed by atoms with Gasteiger partial charge in [-0.2, -0.15) is 0 Å². The normalized spacial score (nSPS) is 31.1. The Morgan fingerprint density at radius 3 is 0.514 bits per heavy atom. The quantitative estimate of drug-likeness (QED) is 0.214. The molecule has 0 saturated carbocycles. The Balaban J connectivity index is 0.000000633. The van der Waals surface area contributed by atoms with Crippen molar-refractivity contribution in [1.29, 1.82) is 0 Å². The van der Waals surface area contributed by atoms with Crippen LogP contribution in [0.5, 0.6) is 0 Å². The monoisotopic (exact) mass is 816 g/mol. The van der Waals surface area contributed by atoms with Gasteiger partial charge in [0.15, 0.2) is 0 Å². The van der Waals surface area contributed by atoms with Gasteiger partial charge in [-0.25, -0.2) is 0 Å². The first kappa shape index (κ1) is 40.4. The topological polar surface area (TPSA) is 0 Å². The summed E-state index contributed by atoms with van der Waals surface area (Å²) in [5.74, 6) is 0. The van der Waals surface area contributed by atoms with Gasteiger partial charge in [0.25, 0.3) is 0 Å². The fraction of sp³-hybridized carbons (Fsp3) is 1.00. The van der Waals surface area contributed by atoms with Crippen molar-refractivity contribution in [1.82, 2.24) is 0 Å². The van der Waals surface area contributed by atoms with Crippen LogP contribution in [0.4, 0.5) is 0 Å².